The number of ether oxygens (including phenoxy) is 1. The molecule has 0 saturated carbocycles. The van der Waals surface area contributed by atoms with Crippen molar-refractivity contribution >= 4 is 41.5 Å². The zero-order valence-electron chi connectivity index (χ0n) is 25.9. The minimum absolute atomic E-state index is 0.0634. The molecule has 3 heterocycles. The van der Waals surface area contributed by atoms with E-state index in [1.54, 1.807) is 9.80 Å². The lowest BCUT2D eigenvalue weighted by atomic mass is 9.97. The van der Waals surface area contributed by atoms with Crippen molar-refractivity contribution < 1.29 is 42.9 Å². The number of hydrogen-bond donors (Lipinski definition) is 4. The SMILES string of the molecule is CC[C@@]1(O)CN[C@H](C(=O)N2CCN(C(=O)c3ccc(NC(=O)c4ncc(-c5ccc(OC)c(F)c5F)n4C)cc3Cl)CC2)C1.O=CO. The Morgan fingerprint density at radius 2 is 1.81 bits per heavy atom. The highest BCUT2D eigenvalue weighted by Gasteiger charge is 2.41. The van der Waals surface area contributed by atoms with E-state index in [2.05, 4.69) is 15.6 Å². The second kappa shape index (κ2) is 14.9. The van der Waals surface area contributed by atoms with Crippen molar-refractivity contribution in [1.82, 2.24) is 24.7 Å². The number of methoxy groups -OCH3 is 1. The molecule has 3 amide bonds. The smallest absolute Gasteiger partial charge is 0.291 e. The van der Waals surface area contributed by atoms with Gasteiger partial charge in [-0.15, -0.1) is 0 Å². The molecule has 2 atom stereocenters. The van der Waals surface area contributed by atoms with Crippen LogP contribution in [0.5, 0.6) is 5.75 Å². The summed E-state index contributed by atoms with van der Waals surface area (Å²) in [4.78, 5) is 54.9. The summed E-state index contributed by atoms with van der Waals surface area (Å²) in [5.74, 6) is -3.60. The number of nitrogens with zero attached hydrogens (tertiary/aromatic N) is 4. The molecular formula is C31H35ClF2N6O7. The topological polar surface area (TPSA) is 166 Å². The van der Waals surface area contributed by atoms with E-state index >= 15 is 0 Å². The van der Waals surface area contributed by atoms with Crippen LogP contribution in [0, 0.1) is 11.6 Å². The van der Waals surface area contributed by atoms with Crippen molar-refractivity contribution in [3.8, 4) is 17.0 Å². The van der Waals surface area contributed by atoms with Gasteiger partial charge >= 0.3 is 0 Å². The lowest BCUT2D eigenvalue weighted by molar-refractivity contribution is -0.135. The highest BCUT2D eigenvalue weighted by Crippen LogP contribution is 2.30. The molecule has 2 fully saturated rings. The lowest BCUT2D eigenvalue weighted by Crippen LogP contribution is -2.54. The molecule has 2 aliphatic rings. The summed E-state index contributed by atoms with van der Waals surface area (Å²) in [6, 6.07) is 6.65. The van der Waals surface area contributed by atoms with E-state index in [0.717, 1.165) is 0 Å². The number of β-amino-alcohol motifs (C(OH)–C–C–N with tert-alkyl or cyclic N) is 1. The predicted molar refractivity (Wildman–Crippen MR) is 167 cm³/mol. The summed E-state index contributed by atoms with van der Waals surface area (Å²) >= 11 is 6.45. The van der Waals surface area contributed by atoms with Gasteiger partial charge in [-0.1, -0.05) is 18.5 Å². The van der Waals surface area contributed by atoms with E-state index in [9.17, 15) is 28.3 Å². The molecule has 2 aromatic carbocycles. The van der Waals surface area contributed by atoms with Gasteiger partial charge in [0.25, 0.3) is 18.3 Å². The molecule has 5 rings (SSSR count). The molecule has 1 aromatic heterocycles. The van der Waals surface area contributed by atoms with Crippen molar-refractivity contribution in [3.63, 3.8) is 0 Å². The molecule has 0 bridgehead atoms. The number of rotatable bonds is 7. The number of imidazole rings is 1. The summed E-state index contributed by atoms with van der Waals surface area (Å²) in [6.07, 6.45) is 2.19. The highest BCUT2D eigenvalue weighted by atomic mass is 35.5. The van der Waals surface area contributed by atoms with Crippen molar-refractivity contribution in [2.24, 2.45) is 7.05 Å². The van der Waals surface area contributed by atoms with Crippen LogP contribution in [0.15, 0.2) is 36.5 Å². The third kappa shape index (κ3) is 7.53. The minimum Gasteiger partial charge on any atom is -0.494 e. The van der Waals surface area contributed by atoms with Gasteiger partial charge in [0.1, 0.15) is 0 Å². The van der Waals surface area contributed by atoms with Crippen LogP contribution in [0.25, 0.3) is 11.3 Å². The molecule has 0 aliphatic carbocycles. The number of aliphatic hydroxyl groups is 1. The van der Waals surface area contributed by atoms with Gasteiger partial charge in [0.2, 0.25) is 11.7 Å². The average molecular weight is 677 g/mol. The largest absolute Gasteiger partial charge is 0.494 e. The van der Waals surface area contributed by atoms with Crippen molar-refractivity contribution in [2.45, 2.75) is 31.4 Å². The van der Waals surface area contributed by atoms with E-state index in [4.69, 9.17) is 26.2 Å². The molecule has 0 unspecified atom stereocenters. The van der Waals surface area contributed by atoms with E-state index in [-0.39, 0.29) is 51.7 Å². The lowest BCUT2D eigenvalue weighted by Gasteiger charge is -2.36. The highest BCUT2D eigenvalue weighted by molar-refractivity contribution is 6.34. The number of aromatic nitrogens is 2. The van der Waals surface area contributed by atoms with Crippen molar-refractivity contribution in [3.05, 3.63) is 64.6 Å². The monoisotopic (exact) mass is 676 g/mol. The standard InChI is InChI=1S/C30H33ClF2N6O5.CH2O2/c1-4-30(43)14-21(35-16-30)29(42)39-11-9-38(10-12-39)28(41)18-6-5-17(13-20(18)31)36-27(40)26-34-15-22(37(26)2)19-7-8-23(44-3)25(33)24(19)32;2-1-3/h5-8,13,15,21,35,43H,4,9-12,14,16H2,1-3H3,(H,36,40);1H,(H,2,3)/t21-,30-;/m0./s1. The number of halogens is 3. The maximum absolute atomic E-state index is 14.6. The Bertz CT molecular complexity index is 1660. The summed E-state index contributed by atoms with van der Waals surface area (Å²) in [6.45, 7) is 3.38. The van der Waals surface area contributed by atoms with Gasteiger partial charge in [-0.05, 0) is 36.8 Å². The molecule has 252 valence electrons. The normalized spacial score (nSPS) is 19.1. The number of carboxylic acid groups (broad SMARTS) is 1. The number of benzene rings is 2. The molecule has 2 saturated heterocycles. The Morgan fingerprint density at radius 1 is 1.15 bits per heavy atom. The molecule has 4 N–H and O–H groups in total. The molecule has 16 heteroatoms. The maximum Gasteiger partial charge on any atom is 0.291 e. The van der Waals surface area contributed by atoms with Gasteiger partial charge in [0.05, 0.1) is 41.2 Å². The van der Waals surface area contributed by atoms with Crippen LogP contribution in [0.1, 0.15) is 40.7 Å². The molecule has 47 heavy (non-hydrogen) atoms. The maximum atomic E-state index is 14.6. The van der Waals surface area contributed by atoms with E-state index in [1.165, 1.54) is 55.3 Å². The molecular weight excluding hydrogens is 642 g/mol. The second-order valence-corrected chi connectivity index (χ2v) is 11.5. The van der Waals surface area contributed by atoms with Gasteiger partial charge in [0.15, 0.2) is 17.4 Å². The molecule has 0 radical (unpaired) electrons. The van der Waals surface area contributed by atoms with Crippen molar-refractivity contribution in [2.75, 3.05) is 45.2 Å². The summed E-state index contributed by atoms with van der Waals surface area (Å²) in [7, 11) is 2.73. The van der Waals surface area contributed by atoms with Crippen LogP contribution < -0.4 is 15.4 Å². The number of nitrogens with one attached hydrogen (secondary N) is 2. The Kier molecular flexibility index (Phi) is 11.2. The first-order chi connectivity index (χ1) is 22.4. The van der Waals surface area contributed by atoms with Crippen LogP contribution in [0.4, 0.5) is 14.5 Å². The van der Waals surface area contributed by atoms with Gasteiger partial charge < -0.3 is 40.0 Å². The van der Waals surface area contributed by atoms with E-state index in [1.807, 2.05) is 6.92 Å². The van der Waals surface area contributed by atoms with Gasteiger partial charge in [-0.3, -0.25) is 19.2 Å². The number of carbonyl (C=O) groups is 4. The fourth-order valence-electron chi connectivity index (χ4n) is 5.51. The average Bonchev–Trinajstić information content (AvgIpc) is 3.65. The molecule has 2 aliphatic heterocycles. The van der Waals surface area contributed by atoms with Crippen molar-refractivity contribution in [1.29, 1.82) is 0 Å². The van der Waals surface area contributed by atoms with Crippen LogP contribution >= 0.6 is 11.6 Å². The summed E-state index contributed by atoms with van der Waals surface area (Å²) < 4.78 is 35.0. The fourth-order valence-corrected chi connectivity index (χ4v) is 5.77. The minimum atomic E-state index is -1.15. The van der Waals surface area contributed by atoms with Crippen LogP contribution in [0.3, 0.4) is 0 Å². The van der Waals surface area contributed by atoms with Crippen LogP contribution in [-0.4, -0.2) is 105 Å². The van der Waals surface area contributed by atoms with E-state index < -0.39 is 29.2 Å². The Morgan fingerprint density at radius 3 is 2.40 bits per heavy atom. The number of piperazine rings is 1. The first-order valence-corrected chi connectivity index (χ1v) is 15.0. The quantitative estimate of drug-likeness (QED) is 0.275. The van der Waals surface area contributed by atoms with Gasteiger partial charge in [0, 0.05) is 57.4 Å². The van der Waals surface area contributed by atoms with Gasteiger partial charge in [-0.25, -0.2) is 9.37 Å². The summed E-state index contributed by atoms with van der Waals surface area (Å²) in [5.41, 5.74) is -0.247. The second-order valence-electron chi connectivity index (χ2n) is 11.1. The third-order valence-electron chi connectivity index (χ3n) is 8.29. The first-order valence-electron chi connectivity index (χ1n) is 14.6. The number of amides is 3. The predicted octanol–water partition coefficient (Wildman–Crippen LogP) is 2.77. The fraction of sp³-hybridized carbons (Fsp3) is 0.387. The summed E-state index contributed by atoms with van der Waals surface area (Å²) in [5, 5.41) is 23.2. The van der Waals surface area contributed by atoms with Crippen LogP contribution in [0.2, 0.25) is 5.02 Å². The Labute approximate surface area is 274 Å². The zero-order chi connectivity index (χ0) is 34.5. The third-order valence-corrected chi connectivity index (χ3v) is 8.60. The molecule has 0 spiro atoms. The number of anilines is 1. The van der Waals surface area contributed by atoms with Crippen LogP contribution in [-0.2, 0) is 16.6 Å². The Balaban J connectivity index is 0.00000160. The molecule has 13 nitrogen and oxygen atoms in total. The van der Waals surface area contributed by atoms with E-state index in [0.29, 0.717) is 51.3 Å². The number of hydrogen-bond acceptors (Lipinski definition) is 8. The number of carbonyl (C=O) groups excluding carboxylic acids is 3. The zero-order valence-corrected chi connectivity index (χ0v) is 26.7. The molecule has 3 aromatic rings. The van der Waals surface area contributed by atoms with Gasteiger partial charge in [-0.2, -0.15) is 4.39 Å². The Hall–Kier alpha value is -4.60. The first kappa shape index (κ1) is 35.3.